The van der Waals surface area contributed by atoms with Crippen molar-refractivity contribution in [3.63, 3.8) is 0 Å². The van der Waals surface area contributed by atoms with Crippen molar-refractivity contribution >= 4 is 17.3 Å². The topological polar surface area (TPSA) is 111 Å². The van der Waals surface area contributed by atoms with Gasteiger partial charge in [0.15, 0.2) is 0 Å². The van der Waals surface area contributed by atoms with Crippen molar-refractivity contribution in [1.29, 1.82) is 5.26 Å². The van der Waals surface area contributed by atoms with Crippen molar-refractivity contribution in [3.8, 4) is 22.9 Å². The highest BCUT2D eigenvalue weighted by Crippen LogP contribution is 2.23. The first-order valence-corrected chi connectivity index (χ1v) is 8.12. The number of nitrogen functional groups attached to an aromatic ring is 2. The molecule has 3 rings (SSSR count). The molecule has 0 aliphatic rings. The van der Waals surface area contributed by atoms with Crippen LogP contribution >= 0.6 is 0 Å². The van der Waals surface area contributed by atoms with Crippen molar-refractivity contribution in [2.75, 3.05) is 18.3 Å². The molecule has 0 atom stereocenters. The molecule has 0 amide bonds. The second-order valence-corrected chi connectivity index (χ2v) is 5.80. The molecule has 0 unspecified atom stereocenters. The van der Waals surface area contributed by atoms with E-state index in [0.717, 1.165) is 11.1 Å². The lowest BCUT2D eigenvalue weighted by molar-refractivity contribution is 0.0154. The molecule has 0 aromatic heterocycles. The smallest absolute Gasteiger partial charge is 0.341 e. The van der Waals surface area contributed by atoms with Crippen LogP contribution in [0.15, 0.2) is 66.7 Å². The number of esters is 1. The third-order valence-electron chi connectivity index (χ3n) is 3.83. The number of nitriles is 1. The lowest BCUT2D eigenvalue weighted by Crippen LogP contribution is -2.11. The standard InChI is InChI=1S/C21H17N3O3/c22-12-14-1-3-15(4-2-14)16-5-7-20(8-6-16)26-13-27-21(25)17-9-18(23)11-19(24)10-17/h1-11H,13,23-24H2. The van der Waals surface area contributed by atoms with Gasteiger partial charge in [-0.25, -0.2) is 4.79 Å². The average Bonchev–Trinajstić information content (AvgIpc) is 2.68. The van der Waals surface area contributed by atoms with Crippen LogP contribution in [0.2, 0.25) is 0 Å². The van der Waals surface area contributed by atoms with E-state index in [4.69, 9.17) is 26.2 Å². The van der Waals surface area contributed by atoms with Gasteiger partial charge in [0.25, 0.3) is 0 Å². The van der Waals surface area contributed by atoms with Crippen molar-refractivity contribution in [2.45, 2.75) is 0 Å². The summed E-state index contributed by atoms with van der Waals surface area (Å²) in [6, 6.07) is 21.3. The Balaban J connectivity index is 1.57. The number of ether oxygens (including phenoxy) is 2. The molecule has 0 bridgehead atoms. The maximum absolute atomic E-state index is 12.0. The van der Waals surface area contributed by atoms with Crippen molar-refractivity contribution in [1.82, 2.24) is 0 Å². The molecule has 0 saturated carbocycles. The van der Waals surface area contributed by atoms with E-state index in [1.807, 2.05) is 24.3 Å². The van der Waals surface area contributed by atoms with Gasteiger partial charge in [0.1, 0.15) is 5.75 Å². The zero-order chi connectivity index (χ0) is 19.2. The van der Waals surface area contributed by atoms with Gasteiger partial charge in [-0.1, -0.05) is 24.3 Å². The maximum Gasteiger partial charge on any atom is 0.341 e. The summed E-state index contributed by atoms with van der Waals surface area (Å²) in [5.41, 5.74) is 15.0. The molecule has 4 N–H and O–H groups in total. The Morgan fingerprint density at radius 1 is 0.889 bits per heavy atom. The number of hydrogen-bond donors (Lipinski definition) is 2. The predicted octanol–water partition coefficient (Wildman–Crippen LogP) is 3.58. The largest absolute Gasteiger partial charge is 0.457 e. The molecule has 6 nitrogen and oxygen atoms in total. The molecule has 0 heterocycles. The van der Waals surface area contributed by atoms with E-state index < -0.39 is 5.97 Å². The van der Waals surface area contributed by atoms with Gasteiger partial charge in [-0.05, 0) is 53.6 Å². The van der Waals surface area contributed by atoms with Crippen LogP contribution in [0.1, 0.15) is 15.9 Å². The number of hydrogen-bond acceptors (Lipinski definition) is 6. The van der Waals surface area contributed by atoms with Crippen LogP contribution in [0, 0.1) is 11.3 Å². The summed E-state index contributed by atoms with van der Waals surface area (Å²) in [4.78, 5) is 12.0. The van der Waals surface area contributed by atoms with E-state index >= 15 is 0 Å². The number of nitrogens with two attached hydrogens (primary N) is 2. The highest BCUT2D eigenvalue weighted by atomic mass is 16.7. The highest BCUT2D eigenvalue weighted by molar-refractivity contribution is 5.91. The third-order valence-corrected chi connectivity index (χ3v) is 3.83. The van der Waals surface area contributed by atoms with Gasteiger partial charge in [0.05, 0.1) is 17.2 Å². The number of rotatable bonds is 5. The summed E-state index contributed by atoms with van der Waals surface area (Å²) in [5, 5.41) is 8.84. The SMILES string of the molecule is N#Cc1ccc(-c2ccc(OCOC(=O)c3cc(N)cc(N)c3)cc2)cc1. The number of carbonyl (C=O) groups excluding carboxylic acids is 1. The molecular formula is C21H17N3O3. The van der Waals surface area contributed by atoms with Crippen LogP contribution < -0.4 is 16.2 Å². The summed E-state index contributed by atoms with van der Waals surface area (Å²) < 4.78 is 10.5. The molecule has 27 heavy (non-hydrogen) atoms. The molecule has 0 aliphatic carbocycles. The van der Waals surface area contributed by atoms with Crippen LogP contribution in [-0.4, -0.2) is 12.8 Å². The second kappa shape index (κ2) is 7.93. The van der Waals surface area contributed by atoms with Crippen molar-refractivity contribution in [3.05, 3.63) is 77.9 Å². The molecule has 0 spiro atoms. The quantitative estimate of drug-likeness (QED) is 0.409. The van der Waals surface area contributed by atoms with Gasteiger partial charge < -0.3 is 20.9 Å². The first-order chi connectivity index (χ1) is 13.0. The van der Waals surface area contributed by atoms with E-state index in [-0.39, 0.29) is 12.4 Å². The van der Waals surface area contributed by atoms with Gasteiger partial charge in [-0.15, -0.1) is 0 Å². The van der Waals surface area contributed by atoms with Crippen LogP contribution in [0.25, 0.3) is 11.1 Å². The summed E-state index contributed by atoms with van der Waals surface area (Å²) in [6.07, 6.45) is 0. The van der Waals surface area contributed by atoms with Gasteiger partial charge in [-0.2, -0.15) is 5.26 Å². The van der Waals surface area contributed by atoms with Crippen molar-refractivity contribution < 1.29 is 14.3 Å². The molecule has 3 aromatic rings. The zero-order valence-corrected chi connectivity index (χ0v) is 14.4. The summed E-state index contributed by atoms with van der Waals surface area (Å²) >= 11 is 0. The summed E-state index contributed by atoms with van der Waals surface area (Å²) in [6.45, 7) is -0.232. The lowest BCUT2D eigenvalue weighted by atomic mass is 10.0. The monoisotopic (exact) mass is 359 g/mol. The van der Waals surface area contributed by atoms with E-state index in [1.54, 1.807) is 30.3 Å². The first kappa shape index (κ1) is 17.8. The summed E-state index contributed by atoms with van der Waals surface area (Å²) in [5.74, 6) is -0.00418. The Bertz CT molecular complexity index is 970. The van der Waals surface area contributed by atoms with E-state index in [1.165, 1.54) is 12.1 Å². The Morgan fingerprint density at radius 2 is 1.44 bits per heavy atom. The number of benzene rings is 3. The molecule has 0 aliphatic heterocycles. The fourth-order valence-electron chi connectivity index (χ4n) is 2.51. The minimum absolute atomic E-state index is 0.232. The van der Waals surface area contributed by atoms with E-state index in [0.29, 0.717) is 22.7 Å². The Hall–Kier alpha value is -3.98. The van der Waals surface area contributed by atoms with Gasteiger partial charge >= 0.3 is 5.97 Å². The Kier molecular flexibility index (Phi) is 5.24. The van der Waals surface area contributed by atoms with Gasteiger partial charge in [0.2, 0.25) is 6.79 Å². The normalized spacial score (nSPS) is 10.0. The number of nitrogens with zero attached hydrogens (tertiary/aromatic N) is 1. The molecular weight excluding hydrogens is 342 g/mol. The highest BCUT2D eigenvalue weighted by Gasteiger charge is 2.09. The fraction of sp³-hybridized carbons (Fsp3) is 0.0476. The number of carbonyl (C=O) groups is 1. The molecule has 0 radical (unpaired) electrons. The second-order valence-electron chi connectivity index (χ2n) is 5.80. The van der Waals surface area contributed by atoms with Crippen LogP contribution in [-0.2, 0) is 4.74 Å². The minimum atomic E-state index is -0.566. The first-order valence-electron chi connectivity index (χ1n) is 8.12. The lowest BCUT2D eigenvalue weighted by Gasteiger charge is -2.09. The van der Waals surface area contributed by atoms with Crippen LogP contribution in [0.5, 0.6) is 5.75 Å². The van der Waals surface area contributed by atoms with Gasteiger partial charge in [-0.3, -0.25) is 0 Å². The van der Waals surface area contributed by atoms with Gasteiger partial charge in [0, 0.05) is 11.4 Å². The van der Waals surface area contributed by atoms with Crippen LogP contribution in [0.4, 0.5) is 11.4 Å². The fourth-order valence-corrected chi connectivity index (χ4v) is 2.51. The molecule has 6 heteroatoms. The Labute approximate surface area is 156 Å². The average molecular weight is 359 g/mol. The zero-order valence-electron chi connectivity index (χ0n) is 14.4. The summed E-state index contributed by atoms with van der Waals surface area (Å²) in [7, 11) is 0. The van der Waals surface area contributed by atoms with Crippen LogP contribution in [0.3, 0.4) is 0 Å². The molecule has 0 fully saturated rings. The molecule has 3 aromatic carbocycles. The third kappa shape index (κ3) is 4.55. The minimum Gasteiger partial charge on any atom is -0.457 e. The molecule has 0 saturated heterocycles. The molecule has 134 valence electrons. The van der Waals surface area contributed by atoms with E-state index in [2.05, 4.69) is 6.07 Å². The van der Waals surface area contributed by atoms with E-state index in [9.17, 15) is 4.79 Å². The maximum atomic E-state index is 12.0. The predicted molar refractivity (Wildman–Crippen MR) is 103 cm³/mol. The van der Waals surface area contributed by atoms with Crippen molar-refractivity contribution in [2.24, 2.45) is 0 Å². The Morgan fingerprint density at radius 3 is 2.00 bits per heavy atom. The number of anilines is 2.